The first-order valence-corrected chi connectivity index (χ1v) is 10.6. The lowest BCUT2D eigenvalue weighted by Gasteiger charge is -2.20. The Balaban J connectivity index is 1.72. The number of rotatable bonds is 6. The number of anilines is 1. The molecule has 2 unspecified atom stereocenters. The van der Waals surface area contributed by atoms with Crippen molar-refractivity contribution < 1.29 is 4.79 Å². The summed E-state index contributed by atoms with van der Waals surface area (Å²) in [5, 5.41) is 3.11. The monoisotopic (exact) mass is 438 g/mol. The average molecular weight is 439 g/mol. The maximum absolute atomic E-state index is 13.0. The normalized spacial score (nSPS) is 17.3. The Morgan fingerprint density at radius 2 is 1.96 bits per heavy atom. The molecule has 3 nitrogen and oxygen atoms in total. The van der Waals surface area contributed by atoms with E-state index < -0.39 is 0 Å². The molecule has 0 fully saturated rings. The van der Waals surface area contributed by atoms with Crippen molar-refractivity contribution in [3.63, 3.8) is 0 Å². The molecule has 1 amide bonds. The second kappa shape index (κ2) is 9.33. The van der Waals surface area contributed by atoms with E-state index in [2.05, 4.69) is 65.2 Å². The van der Waals surface area contributed by atoms with Gasteiger partial charge in [-0.1, -0.05) is 60.1 Å². The smallest absolute Gasteiger partial charge is 0.231 e. The summed E-state index contributed by atoms with van der Waals surface area (Å²) in [7, 11) is 0. The number of benzene rings is 2. The molecule has 0 aliphatic carbocycles. The molecule has 2 atom stereocenters. The van der Waals surface area contributed by atoms with Crippen LogP contribution in [0.4, 0.5) is 5.69 Å². The lowest BCUT2D eigenvalue weighted by atomic mass is 9.89. The maximum Gasteiger partial charge on any atom is 0.231 e. The van der Waals surface area contributed by atoms with Crippen LogP contribution in [0.1, 0.15) is 56.6 Å². The van der Waals surface area contributed by atoms with Crippen molar-refractivity contribution in [2.45, 2.75) is 45.4 Å². The summed E-state index contributed by atoms with van der Waals surface area (Å²) in [6, 6.07) is 16.2. The minimum Gasteiger partial charge on any atom is -0.326 e. The van der Waals surface area contributed by atoms with Crippen molar-refractivity contribution in [1.82, 2.24) is 0 Å². The fourth-order valence-electron chi connectivity index (χ4n) is 3.57. The summed E-state index contributed by atoms with van der Waals surface area (Å²) in [6.45, 7) is 6.36. The van der Waals surface area contributed by atoms with Crippen LogP contribution in [0, 0.1) is 5.92 Å². The van der Waals surface area contributed by atoms with Crippen molar-refractivity contribution in [2.24, 2.45) is 10.9 Å². The van der Waals surface area contributed by atoms with Gasteiger partial charge in [-0.25, -0.2) is 0 Å². The number of hydrogen-bond donors (Lipinski definition) is 1. The summed E-state index contributed by atoms with van der Waals surface area (Å²) in [5.74, 6) is 0.662. The molecule has 0 spiro atoms. The van der Waals surface area contributed by atoms with Crippen LogP contribution >= 0.6 is 15.9 Å². The van der Waals surface area contributed by atoms with Crippen LogP contribution in [0.3, 0.4) is 0 Å². The second-order valence-corrected chi connectivity index (χ2v) is 8.78. The number of carbonyl (C=O) groups is 1. The first kappa shape index (κ1) is 20.5. The van der Waals surface area contributed by atoms with Crippen molar-refractivity contribution in [2.75, 3.05) is 5.32 Å². The minimum absolute atomic E-state index is 0.0417. The molecule has 1 aliphatic rings. The van der Waals surface area contributed by atoms with Gasteiger partial charge in [-0.2, -0.15) is 0 Å². The molecular formula is C24H27BrN2O. The zero-order chi connectivity index (χ0) is 20.1. The fraction of sp³-hybridized carbons (Fsp3) is 0.333. The van der Waals surface area contributed by atoms with E-state index in [4.69, 9.17) is 0 Å². The number of hydrogen-bond acceptors (Lipinski definition) is 2. The summed E-state index contributed by atoms with van der Waals surface area (Å²) in [6.07, 6.45) is 5.77. The van der Waals surface area contributed by atoms with Crippen molar-refractivity contribution in [1.29, 1.82) is 0 Å². The zero-order valence-electron chi connectivity index (χ0n) is 16.7. The van der Waals surface area contributed by atoms with Gasteiger partial charge in [0.25, 0.3) is 0 Å². The van der Waals surface area contributed by atoms with E-state index in [0.29, 0.717) is 11.8 Å². The SMILES string of the molecule is CC1=NC=CC(c2ccc(NC(=O)C(CC(C)C)c3cccc(Br)c3)cc2)C1. The van der Waals surface area contributed by atoms with Crippen LogP contribution < -0.4 is 5.32 Å². The van der Waals surface area contributed by atoms with Crippen LogP contribution in [-0.2, 0) is 4.79 Å². The molecule has 0 saturated heterocycles. The van der Waals surface area contributed by atoms with E-state index in [1.54, 1.807) is 0 Å². The number of halogens is 1. The van der Waals surface area contributed by atoms with Crippen molar-refractivity contribution >= 4 is 33.2 Å². The second-order valence-electron chi connectivity index (χ2n) is 7.86. The zero-order valence-corrected chi connectivity index (χ0v) is 18.2. The Kier molecular flexibility index (Phi) is 6.84. The number of carbonyl (C=O) groups excluding carboxylic acids is 1. The van der Waals surface area contributed by atoms with Gasteiger partial charge < -0.3 is 5.32 Å². The summed E-state index contributed by atoms with van der Waals surface area (Å²) >= 11 is 3.52. The Hall–Kier alpha value is -2.20. The first-order chi connectivity index (χ1) is 13.4. The van der Waals surface area contributed by atoms with Gasteiger partial charge in [-0.3, -0.25) is 9.79 Å². The summed E-state index contributed by atoms with van der Waals surface area (Å²) in [5.41, 5.74) is 4.27. The van der Waals surface area contributed by atoms with E-state index in [-0.39, 0.29) is 11.8 Å². The van der Waals surface area contributed by atoms with Gasteiger partial charge in [0.15, 0.2) is 0 Å². The Morgan fingerprint density at radius 1 is 1.21 bits per heavy atom. The summed E-state index contributed by atoms with van der Waals surface area (Å²) < 4.78 is 0.996. The molecule has 1 N–H and O–H groups in total. The van der Waals surface area contributed by atoms with Gasteiger partial charge in [-0.05, 0) is 61.1 Å². The standard InChI is InChI=1S/C24H27BrN2O/c1-16(2)13-23(20-5-4-6-21(25)15-20)24(28)27-22-9-7-18(8-10-22)19-11-12-26-17(3)14-19/h4-12,15-16,19,23H,13-14H2,1-3H3,(H,27,28). The number of nitrogens with one attached hydrogen (secondary N) is 1. The third-order valence-corrected chi connectivity index (χ3v) is 5.50. The van der Waals surface area contributed by atoms with Crippen LogP contribution in [0.5, 0.6) is 0 Å². The van der Waals surface area contributed by atoms with Crippen molar-refractivity contribution in [3.8, 4) is 0 Å². The van der Waals surface area contributed by atoms with Gasteiger partial charge in [0.2, 0.25) is 5.91 Å². The molecule has 4 heteroatoms. The van der Waals surface area contributed by atoms with Gasteiger partial charge in [0.05, 0.1) is 5.92 Å². The number of aliphatic imine (C=N–C) groups is 1. The number of allylic oxidation sites excluding steroid dienone is 1. The van der Waals surface area contributed by atoms with Crippen molar-refractivity contribution in [3.05, 3.63) is 76.4 Å². The molecule has 1 heterocycles. The van der Waals surface area contributed by atoms with Crippen LogP contribution in [-0.4, -0.2) is 11.6 Å². The van der Waals surface area contributed by atoms with E-state index in [1.165, 1.54) is 5.56 Å². The molecule has 28 heavy (non-hydrogen) atoms. The molecule has 0 saturated carbocycles. The van der Waals surface area contributed by atoms with Gasteiger partial charge >= 0.3 is 0 Å². The van der Waals surface area contributed by atoms with Crippen LogP contribution in [0.2, 0.25) is 0 Å². The highest BCUT2D eigenvalue weighted by Crippen LogP contribution is 2.29. The van der Waals surface area contributed by atoms with Gasteiger partial charge in [-0.15, -0.1) is 0 Å². The predicted molar refractivity (Wildman–Crippen MR) is 121 cm³/mol. The third kappa shape index (κ3) is 5.41. The van der Waals surface area contributed by atoms with E-state index in [9.17, 15) is 4.79 Å². The maximum atomic E-state index is 13.0. The molecule has 146 valence electrons. The number of nitrogens with zero attached hydrogens (tertiary/aromatic N) is 1. The lowest BCUT2D eigenvalue weighted by Crippen LogP contribution is -2.22. The van der Waals surface area contributed by atoms with E-state index in [1.807, 2.05) is 42.6 Å². The quantitative estimate of drug-likeness (QED) is 0.536. The molecule has 0 aromatic heterocycles. The number of amides is 1. The highest BCUT2D eigenvalue weighted by atomic mass is 79.9. The highest BCUT2D eigenvalue weighted by Gasteiger charge is 2.22. The fourth-order valence-corrected chi connectivity index (χ4v) is 3.99. The summed E-state index contributed by atoms with van der Waals surface area (Å²) in [4.78, 5) is 17.4. The molecule has 2 aromatic rings. The average Bonchev–Trinajstić information content (AvgIpc) is 2.66. The predicted octanol–water partition coefficient (Wildman–Crippen LogP) is 6.68. The van der Waals surface area contributed by atoms with E-state index >= 15 is 0 Å². The van der Waals surface area contributed by atoms with Gasteiger partial charge in [0.1, 0.15) is 0 Å². The Morgan fingerprint density at radius 3 is 2.61 bits per heavy atom. The molecule has 1 aliphatic heterocycles. The van der Waals surface area contributed by atoms with Crippen LogP contribution in [0.15, 0.2) is 70.3 Å². The first-order valence-electron chi connectivity index (χ1n) is 9.78. The molecular weight excluding hydrogens is 412 g/mol. The van der Waals surface area contributed by atoms with E-state index in [0.717, 1.165) is 34.3 Å². The molecule has 2 aromatic carbocycles. The lowest BCUT2D eigenvalue weighted by molar-refractivity contribution is -0.117. The molecule has 0 radical (unpaired) electrons. The Labute approximate surface area is 176 Å². The van der Waals surface area contributed by atoms with Crippen LogP contribution in [0.25, 0.3) is 0 Å². The third-order valence-electron chi connectivity index (χ3n) is 5.01. The molecule has 0 bridgehead atoms. The molecule has 3 rings (SSSR count). The minimum atomic E-state index is -0.169. The highest BCUT2D eigenvalue weighted by molar-refractivity contribution is 9.10. The topological polar surface area (TPSA) is 41.5 Å². The largest absolute Gasteiger partial charge is 0.326 e. The van der Waals surface area contributed by atoms with Gasteiger partial charge in [0, 0.05) is 28.0 Å². The Bertz CT molecular complexity index is 884.